The van der Waals surface area contributed by atoms with Gasteiger partial charge in [0.1, 0.15) is 5.75 Å². The Balaban J connectivity index is 2.08. The number of rotatable bonds is 3. The maximum Gasteiger partial charge on any atom is 0.121 e. The lowest BCUT2D eigenvalue weighted by Gasteiger charge is -2.36. The van der Waals surface area contributed by atoms with Gasteiger partial charge < -0.3 is 5.11 Å². The van der Waals surface area contributed by atoms with E-state index in [1.165, 1.54) is 31.2 Å². The molecule has 0 aromatic heterocycles. The van der Waals surface area contributed by atoms with Crippen molar-refractivity contribution in [1.29, 1.82) is 0 Å². The van der Waals surface area contributed by atoms with Crippen LogP contribution in [0.5, 0.6) is 5.75 Å². The first kappa shape index (κ1) is 14.4. The molecule has 19 heavy (non-hydrogen) atoms. The van der Waals surface area contributed by atoms with Crippen molar-refractivity contribution in [3.63, 3.8) is 0 Å². The Kier molecular flexibility index (Phi) is 4.51. The fraction of sp³-hybridized carbons (Fsp3) is 0.647. The summed E-state index contributed by atoms with van der Waals surface area (Å²) in [5.74, 6) is 1.25. The lowest BCUT2D eigenvalue weighted by molar-refractivity contribution is 0.133. The fourth-order valence-electron chi connectivity index (χ4n) is 3.49. The second-order valence-corrected chi connectivity index (χ2v) is 6.32. The van der Waals surface area contributed by atoms with Gasteiger partial charge in [-0.2, -0.15) is 0 Å². The molecule has 0 saturated heterocycles. The number of nitrogens with zero attached hydrogens (tertiary/aromatic N) is 1. The standard InChI is InChI=1S/C17H27NO/c1-12-7-5-6-8-16(12)18(4)11-15-9-13(2)17(19)14(3)10-15/h9-10,12,16,19H,5-8,11H2,1-4H3. The molecular formula is C17H27NO. The van der Waals surface area contributed by atoms with Crippen LogP contribution in [-0.2, 0) is 6.54 Å². The number of hydrogen-bond donors (Lipinski definition) is 1. The summed E-state index contributed by atoms with van der Waals surface area (Å²) in [4.78, 5) is 2.50. The Bertz CT molecular complexity index is 418. The highest BCUT2D eigenvalue weighted by atomic mass is 16.3. The summed E-state index contributed by atoms with van der Waals surface area (Å²) >= 11 is 0. The van der Waals surface area contributed by atoms with Gasteiger partial charge in [0.15, 0.2) is 0 Å². The quantitative estimate of drug-likeness (QED) is 0.888. The van der Waals surface area contributed by atoms with Crippen LogP contribution in [-0.4, -0.2) is 23.1 Å². The molecule has 0 spiro atoms. The van der Waals surface area contributed by atoms with Crippen LogP contribution in [0.25, 0.3) is 0 Å². The Morgan fingerprint density at radius 1 is 1.16 bits per heavy atom. The second-order valence-electron chi connectivity index (χ2n) is 6.32. The molecule has 1 fully saturated rings. The molecule has 2 atom stereocenters. The highest BCUT2D eigenvalue weighted by Gasteiger charge is 2.24. The first-order chi connectivity index (χ1) is 8.99. The maximum absolute atomic E-state index is 9.84. The van der Waals surface area contributed by atoms with Crippen molar-refractivity contribution in [3.8, 4) is 5.75 Å². The summed E-state index contributed by atoms with van der Waals surface area (Å²) in [5.41, 5.74) is 3.29. The number of aromatic hydroxyl groups is 1. The van der Waals surface area contributed by atoms with Gasteiger partial charge in [0, 0.05) is 12.6 Å². The van der Waals surface area contributed by atoms with E-state index < -0.39 is 0 Å². The third-order valence-corrected chi connectivity index (χ3v) is 4.62. The highest BCUT2D eigenvalue weighted by Crippen LogP contribution is 2.29. The van der Waals surface area contributed by atoms with E-state index in [0.717, 1.165) is 23.6 Å². The van der Waals surface area contributed by atoms with E-state index >= 15 is 0 Å². The van der Waals surface area contributed by atoms with Crippen molar-refractivity contribution in [3.05, 3.63) is 28.8 Å². The van der Waals surface area contributed by atoms with E-state index in [2.05, 4.69) is 31.0 Å². The van der Waals surface area contributed by atoms with E-state index in [0.29, 0.717) is 11.8 Å². The lowest BCUT2D eigenvalue weighted by Crippen LogP contribution is -2.38. The van der Waals surface area contributed by atoms with Crippen molar-refractivity contribution in [2.45, 2.75) is 59.0 Å². The monoisotopic (exact) mass is 261 g/mol. The number of phenolic OH excluding ortho intramolecular Hbond substituents is 1. The molecule has 2 rings (SSSR count). The van der Waals surface area contributed by atoms with E-state index in [1.807, 2.05) is 13.8 Å². The van der Waals surface area contributed by atoms with Gasteiger partial charge in [0.25, 0.3) is 0 Å². The number of hydrogen-bond acceptors (Lipinski definition) is 2. The SMILES string of the molecule is Cc1cc(CN(C)C2CCCCC2C)cc(C)c1O. The van der Waals surface area contributed by atoms with Gasteiger partial charge in [-0.1, -0.05) is 31.9 Å². The normalized spacial score (nSPS) is 23.8. The number of benzene rings is 1. The minimum Gasteiger partial charge on any atom is -0.507 e. The smallest absolute Gasteiger partial charge is 0.121 e. The van der Waals surface area contributed by atoms with Crippen LogP contribution in [0.2, 0.25) is 0 Å². The van der Waals surface area contributed by atoms with Crippen LogP contribution in [0.4, 0.5) is 0 Å². The molecule has 0 amide bonds. The number of phenols is 1. The van der Waals surface area contributed by atoms with Crippen LogP contribution in [0.3, 0.4) is 0 Å². The van der Waals surface area contributed by atoms with Gasteiger partial charge in [0.2, 0.25) is 0 Å². The predicted octanol–water partition coefficient (Wildman–Crippen LogP) is 4.02. The van der Waals surface area contributed by atoms with Gasteiger partial charge in [-0.05, 0) is 56.3 Å². The Labute approximate surface area is 117 Å². The molecule has 2 nitrogen and oxygen atoms in total. The molecule has 0 heterocycles. The third kappa shape index (κ3) is 3.30. The van der Waals surface area contributed by atoms with E-state index in [9.17, 15) is 5.11 Å². The molecule has 2 heteroatoms. The van der Waals surface area contributed by atoms with Crippen molar-refractivity contribution in [2.24, 2.45) is 5.92 Å². The zero-order chi connectivity index (χ0) is 14.0. The van der Waals surface area contributed by atoms with E-state index in [4.69, 9.17) is 0 Å². The molecule has 1 aliphatic rings. The Morgan fingerprint density at radius 3 is 2.32 bits per heavy atom. The average molecular weight is 261 g/mol. The predicted molar refractivity (Wildman–Crippen MR) is 80.5 cm³/mol. The molecule has 106 valence electrons. The van der Waals surface area contributed by atoms with Gasteiger partial charge in [-0.25, -0.2) is 0 Å². The molecule has 0 radical (unpaired) electrons. The van der Waals surface area contributed by atoms with Crippen molar-refractivity contribution < 1.29 is 5.11 Å². The van der Waals surface area contributed by atoms with Crippen molar-refractivity contribution in [1.82, 2.24) is 4.90 Å². The van der Waals surface area contributed by atoms with Crippen LogP contribution < -0.4 is 0 Å². The zero-order valence-electron chi connectivity index (χ0n) is 12.7. The molecule has 1 aromatic rings. The number of aryl methyl sites for hydroxylation is 2. The minimum absolute atomic E-state index is 0.442. The molecule has 1 N–H and O–H groups in total. The molecule has 0 aliphatic heterocycles. The van der Waals surface area contributed by atoms with E-state index in [-0.39, 0.29) is 0 Å². The lowest BCUT2D eigenvalue weighted by atomic mass is 9.85. The van der Waals surface area contributed by atoms with Gasteiger partial charge in [-0.15, -0.1) is 0 Å². The maximum atomic E-state index is 9.84. The summed E-state index contributed by atoms with van der Waals surface area (Å²) in [6, 6.07) is 4.95. The van der Waals surface area contributed by atoms with Crippen LogP contribution in [0, 0.1) is 19.8 Å². The second kappa shape index (κ2) is 5.96. The minimum atomic E-state index is 0.442. The zero-order valence-corrected chi connectivity index (χ0v) is 12.7. The van der Waals surface area contributed by atoms with Gasteiger partial charge in [0.05, 0.1) is 0 Å². The summed E-state index contributed by atoms with van der Waals surface area (Å²) in [6.45, 7) is 7.33. The van der Waals surface area contributed by atoms with Crippen LogP contribution in [0.15, 0.2) is 12.1 Å². The fourth-order valence-corrected chi connectivity index (χ4v) is 3.49. The summed E-state index contributed by atoms with van der Waals surface area (Å²) in [6.07, 6.45) is 5.45. The average Bonchev–Trinajstić information content (AvgIpc) is 2.36. The van der Waals surface area contributed by atoms with E-state index in [1.54, 1.807) is 0 Å². The molecule has 2 unspecified atom stereocenters. The summed E-state index contributed by atoms with van der Waals surface area (Å²) < 4.78 is 0. The molecule has 0 bridgehead atoms. The highest BCUT2D eigenvalue weighted by molar-refractivity contribution is 5.42. The topological polar surface area (TPSA) is 23.5 Å². The third-order valence-electron chi connectivity index (χ3n) is 4.62. The molecule has 1 aromatic carbocycles. The van der Waals surface area contributed by atoms with Crippen molar-refractivity contribution in [2.75, 3.05) is 7.05 Å². The Morgan fingerprint density at radius 2 is 1.74 bits per heavy atom. The molecule has 1 aliphatic carbocycles. The summed E-state index contributed by atoms with van der Waals surface area (Å²) in [5, 5.41) is 9.84. The molecular weight excluding hydrogens is 234 g/mol. The largest absolute Gasteiger partial charge is 0.507 e. The summed E-state index contributed by atoms with van der Waals surface area (Å²) in [7, 11) is 2.24. The molecule has 1 saturated carbocycles. The van der Waals surface area contributed by atoms with Crippen molar-refractivity contribution >= 4 is 0 Å². The van der Waals surface area contributed by atoms with Crippen LogP contribution >= 0.6 is 0 Å². The Hall–Kier alpha value is -1.02. The first-order valence-corrected chi connectivity index (χ1v) is 7.48. The van der Waals surface area contributed by atoms with Gasteiger partial charge in [-0.3, -0.25) is 4.90 Å². The van der Waals surface area contributed by atoms with Gasteiger partial charge >= 0.3 is 0 Å². The van der Waals surface area contributed by atoms with Crippen LogP contribution in [0.1, 0.15) is 49.3 Å². The first-order valence-electron chi connectivity index (χ1n) is 7.48.